The summed E-state index contributed by atoms with van der Waals surface area (Å²) in [5, 5.41) is 0. The Kier molecular flexibility index (Phi) is 3.64. The topological polar surface area (TPSA) is 4.93 Å². The van der Waals surface area contributed by atoms with Gasteiger partial charge in [0, 0.05) is 12.4 Å². The fraction of sp³-hybridized carbons (Fsp3) is 0. The third-order valence-corrected chi connectivity index (χ3v) is 1.23. The lowest BCUT2D eigenvalue weighted by atomic mass is 10.4. The van der Waals surface area contributed by atoms with E-state index in [1.165, 1.54) is 12.4 Å². The van der Waals surface area contributed by atoms with Crippen LogP contribution in [0.25, 0.3) is 0 Å². The number of benzene rings is 1. The van der Waals surface area contributed by atoms with Crippen molar-refractivity contribution in [2.24, 2.45) is 0 Å². The van der Waals surface area contributed by atoms with Crippen LogP contribution in [0.15, 0.2) is 60.9 Å². The zero-order valence-corrected chi connectivity index (χ0v) is 6.60. The van der Waals surface area contributed by atoms with E-state index in [1.54, 1.807) is 12.1 Å². The van der Waals surface area contributed by atoms with Gasteiger partial charge in [0.2, 0.25) is 0 Å². The van der Waals surface area contributed by atoms with Crippen LogP contribution >= 0.6 is 0 Å². The lowest BCUT2D eigenvalue weighted by molar-refractivity contribution is 0.371. The van der Waals surface area contributed by atoms with E-state index in [0.717, 1.165) is 0 Å². The van der Waals surface area contributed by atoms with Gasteiger partial charge in [-0.05, 0) is 12.1 Å². The van der Waals surface area contributed by atoms with Gasteiger partial charge in [0.25, 0.3) is 0 Å². The Morgan fingerprint density at radius 2 is 0.917 bits per heavy atom. The summed E-state index contributed by atoms with van der Waals surface area (Å²) in [6.07, 6.45) is 2.67. The second-order valence-corrected chi connectivity index (χ2v) is 2.18. The SMILES string of the molecule is Fn1cccc1.c1ccccc1. The maximum absolute atomic E-state index is 11.6. The highest BCUT2D eigenvalue weighted by molar-refractivity contribution is 4.99. The number of rotatable bonds is 0. The van der Waals surface area contributed by atoms with Crippen LogP contribution in [-0.4, -0.2) is 4.79 Å². The van der Waals surface area contributed by atoms with E-state index in [1.807, 2.05) is 36.4 Å². The molecule has 0 radical (unpaired) electrons. The molecule has 1 aromatic carbocycles. The Hall–Kier alpha value is -1.57. The molecule has 0 unspecified atom stereocenters. The fourth-order valence-corrected chi connectivity index (χ4v) is 0.698. The van der Waals surface area contributed by atoms with Gasteiger partial charge in [-0.3, -0.25) is 0 Å². The van der Waals surface area contributed by atoms with Gasteiger partial charge in [-0.15, -0.1) is 0 Å². The zero-order chi connectivity index (χ0) is 8.65. The zero-order valence-electron chi connectivity index (χ0n) is 6.60. The smallest absolute Gasteiger partial charge is 0.0379 e. The molecule has 12 heavy (non-hydrogen) atoms. The van der Waals surface area contributed by atoms with Gasteiger partial charge >= 0.3 is 0 Å². The first kappa shape index (κ1) is 8.53. The minimum atomic E-state index is 0.500. The van der Waals surface area contributed by atoms with Crippen LogP contribution in [0.2, 0.25) is 0 Å². The number of aromatic nitrogens is 1. The first-order valence-corrected chi connectivity index (χ1v) is 3.69. The van der Waals surface area contributed by atoms with Gasteiger partial charge in [0.1, 0.15) is 0 Å². The largest absolute Gasteiger partial charge is 0.194 e. The van der Waals surface area contributed by atoms with Crippen LogP contribution in [0.4, 0.5) is 4.48 Å². The van der Waals surface area contributed by atoms with Crippen molar-refractivity contribution in [3.63, 3.8) is 0 Å². The molecule has 0 saturated carbocycles. The summed E-state index contributed by atoms with van der Waals surface area (Å²) >= 11 is 0. The van der Waals surface area contributed by atoms with Crippen LogP contribution in [0.3, 0.4) is 0 Å². The van der Waals surface area contributed by atoms with Gasteiger partial charge in [-0.2, -0.15) is 4.79 Å². The van der Waals surface area contributed by atoms with Crippen molar-refractivity contribution >= 4 is 0 Å². The minimum Gasteiger partial charge on any atom is -0.194 e. The van der Waals surface area contributed by atoms with Crippen molar-refractivity contribution in [2.45, 2.75) is 0 Å². The summed E-state index contributed by atoms with van der Waals surface area (Å²) in [6.45, 7) is 0. The van der Waals surface area contributed by atoms with E-state index in [0.29, 0.717) is 4.79 Å². The van der Waals surface area contributed by atoms with Crippen LogP contribution in [0, 0.1) is 0 Å². The Morgan fingerprint density at radius 3 is 1.08 bits per heavy atom. The van der Waals surface area contributed by atoms with Gasteiger partial charge in [0.15, 0.2) is 0 Å². The molecule has 2 rings (SSSR count). The summed E-state index contributed by atoms with van der Waals surface area (Å²) in [5.74, 6) is 0. The average Bonchev–Trinajstić information content (AvgIpc) is 2.60. The first-order valence-electron chi connectivity index (χ1n) is 3.69. The Bertz CT molecular complexity index is 249. The minimum absolute atomic E-state index is 0.500. The lowest BCUT2D eigenvalue weighted by Crippen LogP contribution is -1.66. The van der Waals surface area contributed by atoms with Crippen LogP contribution in [0.5, 0.6) is 0 Å². The molecular weight excluding hydrogens is 153 g/mol. The van der Waals surface area contributed by atoms with Gasteiger partial charge in [0.05, 0.1) is 0 Å². The molecule has 2 heteroatoms. The summed E-state index contributed by atoms with van der Waals surface area (Å²) in [4.78, 5) is 0.500. The lowest BCUT2D eigenvalue weighted by Gasteiger charge is -1.71. The molecular formula is C10H10FN. The van der Waals surface area contributed by atoms with Crippen molar-refractivity contribution in [3.05, 3.63) is 60.9 Å². The highest BCUT2D eigenvalue weighted by Gasteiger charge is 1.72. The van der Waals surface area contributed by atoms with E-state index in [-0.39, 0.29) is 0 Å². The molecule has 62 valence electrons. The molecule has 1 aromatic heterocycles. The fourth-order valence-electron chi connectivity index (χ4n) is 0.698. The van der Waals surface area contributed by atoms with E-state index >= 15 is 0 Å². The van der Waals surface area contributed by atoms with Gasteiger partial charge in [-0.25, -0.2) is 0 Å². The Morgan fingerprint density at radius 1 is 0.583 bits per heavy atom. The second kappa shape index (κ2) is 5.13. The quantitative estimate of drug-likeness (QED) is 0.562. The summed E-state index contributed by atoms with van der Waals surface area (Å²) in [6, 6.07) is 15.2. The third-order valence-electron chi connectivity index (χ3n) is 1.23. The Labute approximate surface area is 71.0 Å². The molecule has 0 aliphatic carbocycles. The molecule has 0 saturated heterocycles. The van der Waals surface area contributed by atoms with Crippen LogP contribution < -0.4 is 0 Å². The van der Waals surface area contributed by atoms with Crippen molar-refractivity contribution in [1.82, 2.24) is 4.79 Å². The highest BCUT2D eigenvalue weighted by atomic mass is 19.2. The maximum Gasteiger partial charge on any atom is 0.0379 e. The third kappa shape index (κ3) is 3.56. The molecule has 2 aromatic rings. The molecule has 0 bridgehead atoms. The molecule has 0 amide bonds. The van der Waals surface area contributed by atoms with Crippen molar-refractivity contribution in [2.75, 3.05) is 0 Å². The predicted octanol–water partition coefficient (Wildman–Crippen LogP) is 2.91. The van der Waals surface area contributed by atoms with Crippen molar-refractivity contribution < 1.29 is 4.48 Å². The van der Waals surface area contributed by atoms with Crippen molar-refractivity contribution in [3.8, 4) is 0 Å². The van der Waals surface area contributed by atoms with Gasteiger partial charge < -0.3 is 0 Å². The molecule has 0 aliphatic rings. The van der Waals surface area contributed by atoms with E-state index in [2.05, 4.69) is 0 Å². The summed E-state index contributed by atoms with van der Waals surface area (Å²) in [7, 11) is 0. The van der Waals surface area contributed by atoms with Crippen molar-refractivity contribution in [1.29, 1.82) is 0 Å². The van der Waals surface area contributed by atoms with E-state index < -0.39 is 0 Å². The van der Waals surface area contributed by atoms with Gasteiger partial charge in [-0.1, -0.05) is 40.9 Å². The molecule has 0 aliphatic heterocycles. The monoisotopic (exact) mass is 163 g/mol. The molecule has 0 N–H and O–H groups in total. The van der Waals surface area contributed by atoms with Crippen LogP contribution in [0.1, 0.15) is 0 Å². The normalized spacial score (nSPS) is 8.42. The number of nitrogens with zero attached hydrogens (tertiary/aromatic N) is 1. The average molecular weight is 163 g/mol. The predicted molar refractivity (Wildman–Crippen MR) is 47.4 cm³/mol. The van der Waals surface area contributed by atoms with E-state index in [4.69, 9.17) is 0 Å². The van der Waals surface area contributed by atoms with Crippen LogP contribution in [-0.2, 0) is 0 Å². The maximum atomic E-state index is 11.6. The summed E-state index contributed by atoms with van der Waals surface area (Å²) < 4.78 is 11.6. The second-order valence-electron chi connectivity index (χ2n) is 2.18. The summed E-state index contributed by atoms with van der Waals surface area (Å²) in [5.41, 5.74) is 0. The molecule has 0 fully saturated rings. The first-order chi connectivity index (χ1) is 5.89. The molecule has 0 atom stereocenters. The van der Waals surface area contributed by atoms with E-state index in [9.17, 15) is 4.48 Å². The number of hydrogen-bond acceptors (Lipinski definition) is 0. The standard InChI is InChI=1S/C6H6.C4H4FN/c1-2-4-6-5-3-1;5-6-3-1-2-4-6/h1-6H;1-4H. The number of halogens is 1. The molecule has 1 heterocycles. The number of hydrogen-bond donors (Lipinski definition) is 0. The molecule has 0 spiro atoms. The Balaban J connectivity index is 0.000000120. The highest BCUT2D eigenvalue weighted by Crippen LogP contribution is 1.84. The molecule has 1 nitrogen and oxygen atoms in total.